The van der Waals surface area contributed by atoms with Crippen molar-refractivity contribution in [1.82, 2.24) is 9.78 Å². The van der Waals surface area contributed by atoms with Crippen molar-refractivity contribution < 1.29 is 22.7 Å². The summed E-state index contributed by atoms with van der Waals surface area (Å²) in [5, 5.41) is 9.58. The molecule has 2 N–H and O–H groups in total. The van der Waals surface area contributed by atoms with Crippen LogP contribution in [0, 0.1) is 0 Å². The number of carbonyl (C=O) groups excluding carboxylic acids is 2. The first-order valence-electron chi connectivity index (χ1n) is 10.2. The van der Waals surface area contributed by atoms with Gasteiger partial charge in [0.1, 0.15) is 12.3 Å². The van der Waals surface area contributed by atoms with Crippen LogP contribution < -0.4 is 19.7 Å². The first-order chi connectivity index (χ1) is 15.8. The van der Waals surface area contributed by atoms with Gasteiger partial charge in [0, 0.05) is 24.0 Å². The van der Waals surface area contributed by atoms with Gasteiger partial charge in [-0.3, -0.25) is 18.6 Å². The van der Waals surface area contributed by atoms with Gasteiger partial charge in [-0.2, -0.15) is 5.10 Å². The van der Waals surface area contributed by atoms with Crippen molar-refractivity contribution in [3.8, 4) is 5.75 Å². The molecule has 1 fully saturated rings. The number of rotatable bonds is 7. The Morgan fingerprint density at radius 2 is 1.76 bits per heavy atom. The number of benzene rings is 2. The van der Waals surface area contributed by atoms with Crippen LogP contribution in [0.2, 0.25) is 0 Å². The molecule has 11 heteroatoms. The second-order valence-electron chi connectivity index (χ2n) is 7.45. The Bertz CT molecular complexity index is 1250. The summed E-state index contributed by atoms with van der Waals surface area (Å²) in [4.78, 5) is 24.8. The largest absolute Gasteiger partial charge is 0.497 e. The summed E-state index contributed by atoms with van der Waals surface area (Å²) in [6.45, 7) is 0.417. The molecule has 0 aliphatic carbocycles. The highest BCUT2D eigenvalue weighted by molar-refractivity contribution is 7.93. The number of nitrogens with one attached hydrogen (secondary N) is 2. The van der Waals surface area contributed by atoms with Gasteiger partial charge in [0.05, 0.1) is 30.4 Å². The Balaban J connectivity index is 1.33. The third-order valence-electron chi connectivity index (χ3n) is 5.09. The summed E-state index contributed by atoms with van der Waals surface area (Å²) in [5.41, 5.74) is 1.98. The minimum absolute atomic E-state index is 0.0269. The molecule has 4 rings (SSSR count). The van der Waals surface area contributed by atoms with E-state index in [9.17, 15) is 18.0 Å². The molecule has 0 saturated carbocycles. The Morgan fingerprint density at radius 1 is 1.03 bits per heavy atom. The van der Waals surface area contributed by atoms with Crippen molar-refractivity contribution in [2.75, 3.05) is 34.3 Å². The standard InChI is InChI=1S/C22H23N5O5S/c1-32-20-9-5-17(6-10-20)24-21(28)15-26-14-18(13-23-26)25-22(29)16-3-7-19(8-4-16)27-11-2-12-33(27,30)31/h3-10,13-14H,2,11-12,15H2,1H3,(H,24,28)(H,25,29). The van der Waals surface area contributed by atoms with Crippen molar-refractivity contribution in [2.24, 2.45) is 0 Å². The van der Waals surface area contributed by atoms with Gasteiger partial charge in [-0.1, -0.05) is 0 Å². The van der Waals surface area contributed by atoms with Gasteiger partial charge in [0.2, 0.25) is 15.9 Å². The molecule has 0 spiro atoms. The zero-order chi connectivity index (χ0) is 23.4. The fraction of sp³-hybridized carbons (Fsp3) is 0.227. The lowest BCUT2D eigenvalue weighted by Crippen LogP contribution is -2.25. The van der Waals surface area contributed by atoms with Gasteiger partial charge in [0.25, 0.3) is 5.91 Å². The first-order valence-corrected chi connectivity index (χ1v) is 11.8. The maximum absolute atomic E-state index is 12.5. The highest BCUT2D eigenvalue weighted by Crippen LogP contribution is 2.24. The molecule has 0 radical (unpaired) electrons. The number of carbonyl (C=O) groups is 2. The zero-order valence-corrected chi connectivity index (χ0v) is 18.7. The van der Waals surface area contributed by atoms with Crippen molar-refractivity contribution >= 4 is 38.9 Å². The maximum Gasteiger partial charge on any atom is 0.255 e. The summed E-state index contributed by atoms with van der Waals surface area (Å²) in [7, 11) is -1.70. The lowest BCUT2D eigenvalue weighted by molar-refractivity contribution is -0.116. The molecule has 2 amide bonds. The molecule has 1 aliphatic rings. The van der Waals surface area contributed by atoms with Crippen LogP contribution in [-0.2, 0) is 21.4 Å². The third-order valence-corrected chi connectivity index (χ3v) is 6.96. The molecule has 0 unspecified atom stereocenters. The Labute approximate surface area is 191 Å². The number of aromatic nitrogens is 2. The van der Waals surface area contributed by atoms with Crippen molar-refractivity contribution in [3.63, 3.8) is 0 Å². The molecule has 3 aromatic rings. The number of hydrogen-bond acceptors (Lipinski definition) is 6. The molecule has 33 heavy (non-hydrogen) atoms. The number of amides is 2. The van der Waals surface area contributed by atoms with Crippen LogP contribution in [0.3, 0.4) is 0 Å². The normalized spacial score (nSPS) is 14.6. The van der Waals surface area contributed by atoms with Crippen molar-refractivity contribution in [3.05, 3.63) is 66.5 Å². The fourth-order valence-electron chi connectivity index (χ4n) is 3.45. The van der Waals surface area contributed by atoms with Gasteiger partial charge in [-0.15, -0.1) is 0 Å². The van der Waals surface area contributed by atoms with Gasteiger partial charge in [0.15, 0.2) is 0 Å². The zero-order valence-electron chi connectivity index (χ0n) is 17.9. The predicted molar refractivity (Wildman–Crippen MR) is 124 cm³/mol. The van der Waals surface area contributed by atoms with Crippen LogP contribution in [0.15, 0.2) is 60.9 Å². The SMILES string of the molecule is COc1ccc(NC(=O)Cn2cc(NC(=O)c3ccc(N4CCCS4(=O)=O)cc3)cn2)cc1. The van der Waals surface area contributed by atoms with Crippen molar-refractivity contribution in [2.45, 2.75) is 13.0 Å². The highest BCUT2D eigenvalue weighted by Gasteiger charge is 2.28. The molecule has 0 bridgehead atoms. The van der Waals surface area contributed by atoms with E-state index >= 15 is 0 Å². The summed E-state index contributed by atoms with van der Waals surface area (Å²) in [6, 6.07) is 13.3. The van der Waals surface area contributed by atoms with Gasteiger partial charge in [-0.05, 0) is 55.0 Å². The van der Waals surface area contributed by atoms with Gasteiger partial charge in [-0.25, -0.2) is 8.42 Å². The molecule has 1 aromatic heterocycles. The topological polar surface area (TPSA) is 123 Å². The maximum atomic E-state index is 12.5. The quantitative estimate of drug-likeness (QED) is 0.548. The smallest absolute Gasteiger partial charge is 0.255 e. The van der Waals surface area contributed by atoms with E-state index < -0.39 is 10.0 Å². The number of hydrogen-bond donors (Lipinski definition) is 2. The third kappa shape index (κ3) is 5.32. The van der Waals surface area contributed by atoms with E-state index in [1.54, 1.807) is 61.8 Å². The number of sulfonamides is 1. The van der Waals surface area contributed by atoms with E-state index in [1.807, 2.05) is 0 Å². The lowest BCUT2D eigenvalue weighted by Gasteiger charge is -2.16. The average molecular weight is 470 g/mol. The molecule has 172 valence electrons. The second-order valence-corrected chi connectivity index (χ2v) is 9.46. The van der Waals surface area contributed by atoms with Crippen LogP contribution in [-0.4, -0.2) is 49.4 Å². The number of anilines is 3. The summed E-state index contributed by atoms with van der Waals surface area (Å²) in [5.74, 6) is 0.190. The molecular weight excluding hydrogens is 446 g/mol. The van der Waals surface area contributed by atoms with E-state index in [4.69, 9.17) is 4.74 Å². The number of methoxy groups -OCH3 is 1. The summed E-state index contributed by atoms with van der Waals surface area (Å²) < 4.78 is 31.9. The van der Waals surface area contributed by atoms with Crippen LogP contribution >= 0.6 is 0 Å². The van der Waals surface area contributed by atoms with Gasteiger partial charge < -0.3 is 15.4 Å². The molecule has 10 nitrogen and oxygen atoms in total. The van der Waals surface area contributed by atoms with Gasteiger partial charge >= 0.3 is 0 Å². The van der Waals surface area contributed by atoms with E-state index in [2.05, 4.69) is 15.7 Å². The molecule has 2 aromatic carbocycles. The molecular formula is C22H23N5O5S. The van der Waals surface area contributed by atoms with Crippen molar-refractivity contribution in [1.29, 1.82) is 0 Å². The molecule has 0 atom stereocenters. The minimum Gasteiger partial charge on any atom is -0.497 e. The first kappa shape index (κ1) is 22.3. The Morgan fingerprint density at radius 3 is 2.39 bits per heavy atom. The van der Waals surface area contributed by atoms with Crippen LogP contribution in [0.25, 0.3) is 0 Å². The number of ether oxygens (including phenoxy) is 1. The second kappa shape index (κ2) is 9.33. The summed E-state index contributed by atoms with van der Waals surface area (Å²) >= 11 is 0. The van der Waals surface area contributed by atoms with Crippen LogP contribution in [0.5, 0.6) is 5.75 Å². The molecule has 1 aliphatic heterocycles. The Kier molecular flexibility index (Phi) is 6.31. The summed E-state index contributed by atoms with van der Waals surface area (Å²) in [6.07, 6.45) is 3.59. The predicted octanol–water partition coefficient (Wildman–Crippen LogP) is 2.32. The monoisotopic (exact) mass is 469 g/mol. The van der Waals surface area contributed by atoms with E-state index in [1.165, 1.54) is 15.2 Å². The molecule has 1 saturated heterocycles. The van der Waals surface area contributed by atoms with E-state index in [0.29, 0.717) is 41.3 Å². The number of nitrogens with zero attached hydrogens (tertiary/aromatic N) is 3. The molecule has 2 heterocycles. The Hall–Kier alpha value is -3.86. The van der Waals surface area contributed by atoms with Crippen LogP contribution in [0.1, 0.15) is 16.8 Å². The average Bonchev–Trinajstić information content (AvgIpc) is 3.39. The van der Waals surface area contributed by atoms with Crippen LogP contribution in [0.4, 0.5) is 17.1 Å². The van der Waals surface area contributed by atoms with E-state index in [0.717, 1.165) is 0 Å². The van der Waals surface area contributed by atoms with E-state index in [-0.39, 0.29) is 24.1 Å². The fourth-order valence-corrected chi connectivity index (χ4v) is 5.01. The minimum atomic E-state index is -3.27. The lowest BCUT2D eigenvalue weighted by atomic mass is 10.2. The highest BCUT2D eigenvalue weighted by atomic mass is 32.2.